The third kappa shape index (κ3) is 13.4. The number of fused-ring (bicyclic) bond motifs is 4. The number of H-pyrrole nitrogens is 4. The van der Waals surface area contributed by atoms with Crippen molar-refractivity contribution in [2.24, 2.45) is 0 Å². The van der Waals surface area contributed by atoms with Crippen molar-refractivity contribution in [3.8, 4) is 22.5 Å². The molecule has 81 heavy (non-hydrogen) atoms. The number of rotatable bonds is 9. The van der Waals surface area contributed by atoms with Gasteiger partial charge in [0.2, 0.25) is 0 Å². The average molecular weight is 1350 g/mol. The summed E-state index contributed by atoms with van der Waals surface area (Å²) in [4.78, 5) is 77.8. The van der Waals surface area contributed by atoms with E-state index in [1.807, 2.05) is 42.6 Å². The molecule has 0 amide bonds. The van der Waals surface area contributed by atoms with Crippen LogP contribution in [0.3, 0.4) is 0 Å². The van der Waals surface area contributed by atoms with E-state index in [0.29, 0.717) is 45.8 Å². The van der Waals surface area contributed by atoms with E-state index in [1.54, 1.807) is 61.1 Å². The zero-order chi connectivity index (χ0) is 54.6. The minimum absolute atomic E-state index is 0. The minimum Gasteiger partial charge on any atom is -1.00 e. The van der Waals surface area contributed by atoms with Gasteiger partial charge in [-0.3, -0.25) is 14.4 Å². The number of pyridine rings is 3. The van der Waals surface area contributed by atoms with E-state index >= 15 is 0 Å². The maximum atomic E-state index is 13.3. The Labute approximate surface area is 585 Å². The van der Waals surface area contributed by atoms with Crippen LogP contribution in [0.4, 0.5) is 11.4 Å². The number of hydrogen-bond acceptors (Lipinski definition) is 15. The number of hydrogen-bond donors (Lipinski definition) is 4. The summed E-state index contributed by atoms with van der Waals surface area (Å²) in [6.07, 6.45) is 15.0. The molecule has 4 N–H and O–H groups in total. The number of imidazole rings is 2. The molecule has 0 unspecified atom stereocenters. The van der Waals surface area contributed by atoms with Gasteiger partial charge in [-0.15, -0.1) is 0 Å². The maximum Gasteiger partial charge on any atom is 1.00 e. The predicted molar refractivity (Wildman–Crippen MR) is 305 cm³/mol. The predicted octanol–water partition coefficient (Wildman–Crippen LogP) is 0.890. The second kappa shape index (κ2) is 27.2. The molecule has 10 aromatic rings. The molecule has 0 atom stereocenters. The molecule has 1 aliphatic carbocycles. The molecule has 20 nitrogen and oxygen atoms in total. The topological polar surface area (TPSA) is 250 Å². The number of allylic oxidation sites excluding steroid dienone is 4. The molecule has 404 valence electrons. The number of aromatic amines is 4. The maximum absolute atomic E-state index is 13.3. The van der Waals surface area contributed by atoms with Crippen LogP contribution in [0.1, 0.15) is 32.1 Å². The van der Waals surface area contributed by atoms with Gasteiger partial charge >= 0.3 is 138 Å². The van der Waals surface area contributed by atoms with Gasteiger partial charge in [-0.2, -0.15) is 0 Å². The molecular weight excluding hydrogens is 1290 g/mol. The molecule has 13 rings (SSSR count). The van der Waals surface area contributed by atoms with Gasteiger partial charge in [-0.05, 0) is 147 Å². The molecule has 9 heterocycles. The third-order valence-corrected chi connectivity index (χ3v) is 16.3. The molecule has 3 aliphatic rings. The summed E-state index contributed by atoms with van der Waals surface area (Å²) in [5.74, 6) is 1.18. The smallest absolute Gasteiger partial charge is 1.00 e. The van der Waals surface area contributed by atoms with Crippen LogP contribution < -0.4 is 158 Å². The van der Waals surface area contributed by atoms with Crippen LogP contribution in [0, 0.1) is 0 Å². The second-order valence-corrected chi connectivity index (χ2v) is 21.5. The number of anilines is 2. The van der Waals surface area contributed by atoms with Gasteiger partial charge in [0, 0.05) is 98.8 Å². The zero-order valence-corrected chi connectivity index (χ0v) is 58.8. The Bertz CT molecular complexity index is 4140. The Balaban J connectivity index is 0.000000199. The van der Waals surface area contributed by atoms with Crippen molar-refractivity contribution in [3.63, 3.8) is 0 Å². The van der Waals surface area contributed by atoms with Gasteiger partial charge in [0.15, 0.2) is 11.4 Å². The summed E-state index contributed by atoms with van der Waals surface area (Å²) in [5.41, 5.74) is 11.2. The summed E-state index contributed by atoms with van der Waals surface area (Å²) >= 11 is 0. The largest absolute Gasteiger partial charge is 1.00 e. The quantitative estimate of drug-likeness (QED) is 0.0891. The summed E-state index contributed by atoms with van der Waals surface area (Å²) in [7, 11) is 0.496. The van der Waals surface area contributed by atoms with E-state index in [0.717, 1.165) is 121 Å². The molecule has 23 heteroatoms. The zero-order valence-electron chi connectivity index (χ0n) is 46.4. The minimum atomic E-state index is -3.83. The van der Waals surface area contributed by atoms with Crippen molar-refractivity contribution in [1.29, 1.82) is 0 Å². The molecule has 7 aromatic heterocycles. The number of carbonyl (C=O) groups is 2. The van der Waals surface area contributed by atoms with Crippen LogP contribution in [0.2, 0.25) is 0 Å². The van der Waals surface area contributed by atoms with Crippen LogP contribution >= 0.6 is 0 Å². The summed E-state index contributed by atoms with van der Waals surface area (Å²) < 4.78 is 27.9. The first-order chi connectivity index (χ1) is 38.4. The monoisotopic (exact) mass is 1350 g/mol. The van der Waals surface area contributed by atoms with Crippen molar-refractivity contribution >= 4 is 88.9 Å². The van der Waals surface area contributed by atoms with Crippen molar-refractivity contribution < 1.29 is 167 Å². The van der Waals surface area contributed by atoms with Crippen LogP contribution in [0.25, 0.3) is 77.8 Å². The molecule has 0 spiro atoms. The summed E-state index contributed by atoms with van der Waals surface area (Å²) in [5, 5.41) is 10.1. The van der Waals surface area contributed by atoms with Crippen LogP contribution in [0.15, 0.2) is 150 Å². The SMILES string of the molecule is CN1CCCN(c2ccc3nc(-c4cc(-c5ccnc6c5ccn6S(=O)(=O)c5ccccc5)c[nH]c4=O)[nH]c3c2)CC1.CN1CCCN(c2ccc3nc(C4=CC(c5ccnc6[nH]ccc56)=CCC4=O)[nH]c3c2)CC1.O=CO[O-].[Cs+].[Cs+].[H-]. The summed E-state index contributed by atoms with van der Waals surface area (Å²) in [6.45, 7) is 8.13. The number of carbonyl (C=O) groups excluding carboxylic acids is 2. The molecule has 2 saturated heterocycles. The Hall–Kier alpha value is -4.92. The number of benzene rings is 3. The standard InChI is InChI=1S/C31H29N7O3S.C26H26N6O.CH2O3.2Cs.H/c1-36-13-5-14-37(17-16-36)22-8-9-27-28(19-22)35-29(34-27)26-18-21(20-33-31(26)39)24-10-12-32-30-25(24)11-15-38(30)42(40,41)23-6-3-2-4-7-23;1-31-11-2-12-32(14-13-31)18-4-5-22-23(16-18)30-26(29-22)21-15-17(3-6-24(21)33)19-7-9-27-25-20(19)8-10-28-25;2-1-4-3;;;/h2-4,6-12,15,18-20H,5,13-14,16-17H2,1H3,(H,33,39)(H,34,35);3-5,7-10,15-16H,2,6,11-14H2,1H3,(H,27,28)(H,29,30);1,3H;;;/q;;;2*+1;-1/p-1. The number of likely N-dealkylation sites (N-methyl/N-ethyl adjacent to an activating group) is 2. The van der Waals surface area contributed by atoms with Gasteiger partial charge in [-0.25, -0.2) is 32.3 Å². The number of nitrogens with zero attached hydrogens (tertiary/aromatic N) is 9. The Morgan fingerprint density at radius 3 is 1.98 bits per heavy atom. The van der Waals surface area contributed by atoms with E-state index in [2.05, 4.69) is 98.8 Å². The molecular formula is C58H57Cs2N13O7S. The van der Waals surface area contributed by atoms with Crippen LogP contribution in [-0.2, 0) is 24.5 Å². The van der Waals surface area contributed by atoms with E-state index < -0.39 is 10.0 Å². The molecule has 3 aromatic carbocycles. The van der Waals surface area contributed by atoms with Crippen molar-refractivity contribution in [2.45, 2.75) is 24.2 Å². The van der Waals surface area contributed by atoms with E-state index in [9.17, 15) is 18.0 Å². The number of Topliss-reactive ketones (excluding diaryl/α,β-unsaturated/α-hetero) is 1. The van der Waals surface area contributed by atoms with Gasteiger partial charge in [0.05, 0.1) is 38.1 Å². The Morgan fingerprint density at radius 2 is 1.31 bits per heavy atom. The molecule has 2 fully saturated rings. The molecule has 0 bridgehead atoms. The van der Waals surface area contributed by atoms with Crippen LogP contribution in [-0.4, -0.2) is 141 Å². The fraction of sp³-hybridized carbons (Fsp3) is 0.224. The molecule has 0 saturated carbocycles. The van der Waals surface area contributed by atoms with Crippen LogP contribution in [0.5, 0.6) is 0 Å². The van der Waals surface area contributed by atoms with E-state index in [4.69, 9.17) is 20.0 Å². The Kier molecular flexibility index (Phi) is 20.4. The van der Waals surface area contributed by atoms with Gasteiger partial charge in [0.25, 0.3) is 22.1 Å². The van der Waals surface area contributed by atoms with Crippen molar-refractivity contribution in [2.75, 3.05) is 76.3 Å². The first-order valence-electron chi connectivity index (χ1n) is 25.9. The molecule has 0 radical (unpaired) electrons. The molecule has 2 aliphatic heterocycles. The van der Waals surface area contributed by atoms with Gasteiger partial charge < -0.3 is 51.1 Å². The van der Waals surface area contributed by atoms with Gasteiger partial charge in [0.1, 0.15) is 17.3 Å². The van der Waals surface area contributed by atoms with Crippen molar-refractivity contribution in [3.05, 3.63) is 162 Å². The van der Waals surface area contributed by atoms with E-state index in [1.165, 1.54) is 15.9 Å². The first kappa shape index (κ1) is 60.7. The van der Waals surface area contributed by atoms with Crippen molar-refractivity contribution in [1.82, 2.24) is 53.6 Å². The van der Waals surface area contributed by atoms with E-state index in [-0.39, 0.29) is 162 Å². The first-order valence-corrected chi connectivity index (χ1v) is 27.4. The normalized spacial score (nSPS) is 15.3. The average Bonchev–Trinajstić information content (AvgIpc) is 4.43. The number of ketones is 1. The fourth-order valence-electron chi connectivity index (χ4n) is 10.4. The van der Waals surface area contributed by atoms with Gasteiger partial charge in [-0.1, -0.05) is 24.3 Å². The number of aromatic nitrogens is 9. The Morgan fingerprint density at radius 1 is 0.679 bits per heavy atom. The second-order valence-electron chi connectivity index (χ2n) is 19.7. The summed E-state index contributed by atoms with van der Waals surface area (Å²) in [6, 6.07) is 30.1. The number of nitrogens with one attached hydrogen (secondary N) is 4. The fourth-order valence-corrected chi connectivity index (χ4v) is 11.8. The third-order valence-electron chi connectivity index (χ3n) is 14.6.